The highest BCUT2D eigenvalue weighted by Crippen LogP contribution is 2.25. The number of hydrogen-bond donors (Lipinski definition) is 0. The molecular formula is C23H27N3O2S. The van der Waals surface area contributed by atoms with E-state index in [-0.39, 0.29) is 5.91 Å². The van der Waals surface area contributed by atoms with Crippen LogP contribution in [0.4, 0.5) is 0 Å². The van der Waals surface area contributed by atoms with Gasteiger partial charge in [-0.25, -0.2) is 4.98 Å². The molecule has 1 fully saturated rings. The first-order chi connectivity index (χ1) is 14.2. The van der Waals surface area contributed by atoms with Crippen molar-refractivity contribution in [1.82, 2.24) is 14.8 Å². The fourth-order valence-corrected chi connectivity index (χ4v) is 4.35. The van der Waals surface area contributed by atoms with Crippen LogP contribution in [0.25, 0.3) is 10.8 Å². The molecule has 3 aromatic rings. The largest absolute Gasteiger partial charge is 0.493 e. The molecule has 1 aromatic heterocycles. The number of aryl methyl sites for hydroxylation is 1. The van der Waals surface area contributed by atoms with Crippen LogP contribution in [0.2, 0.25) is 0 Å². The maximum Gasteiger partial charge on any atom is 0.222 e. The third-order valence-corrected chi connectivity index (χ3v) is 6.14. The molecule has 0 N–H and O–H groups in total. The molecule has 0 aliphatic carbocycles. The van der Waals surface area contributed by atoms with Crippen LogP contribution >= 0.6 is 11.3 Å². The van der Waals surface area contributed by atoms with Crippen LogP contribution in [-0.2, 0) is 11.3 Å². The Morgan fingerprint density at radius 3 is 2.69 bits per heavy atom. The molecule has 1 amide bonds. The third kappa shape index (κ3) is 5.14. The first-order valence-electron chi connectivity index (χ1n) is 10.2. The number of fused-ring (bicyclic) bond motifs is 1. The van der Waals surface area contributed by atoms with E-state index in [1.165, 1.54) is 5.39 Å². The number of benzene rings is 2. The zero-order valence-electron chi connectivity index (χ0n) is 16.8. The van der Waals surface area contributed by atoms with Gasteiger partial charge in [0.05, 0.1) is 17.3 Å². The first-order valence-corrected chi connectivity index (χ1v) is 11.1. The molecule has 4 rings (SSSR count). The minimum Gasteiger partial charge on any atom is -0.493 e. The third-order valence-electron chi connectivity index (χ3n) is 5.32. The van der Waals surface area contributed by atoms with Gasteiger partial charge in [0.2, 0.25) is 5.91 Å². The molecule has 0 radical (unpaired) electrons. The molecule has 29 heavy (non-hydrogen) atoms. The highest BCUT2D eigenvalue weighted by atomic mass is 32.1. The number of nitrogens with zero attached hydrogens (tertiary/aromatic N) is 3. The number of amides is 1. The molecule has 0 spiro atoms. The number of piperazine rings is 1. The van der Waals surface area contributed by atoms with E-state index in [1.807, 2.05) is 36.1 Å². The maximum atomic E-state index is 12.5. The summed E-state index contributed by atoms with van der Waals surface area (Å²) in [5.41, 5.74) is 1.14. The van der Waals surface area contributed by atoms with Crippen molar-refractivity contribution in [2.24, 2.45) is 0 Å². The maximum absolute atomic E-state index is 12.5. The Balaban J connectivity index is 1.18. The van der Waals surface area contributed by atoms with Gasteiger partial charge in [0, 0.05) is 49.9 Å². The van der Waals surface area contributed by atoms with Gasteiger partial charge in [0.1, 0.15) is 5.75 Å². The summed E-state index contributed by atoms with van der Waals surface area (Å²) in [5.74, 6) is 1.12. The van der Waals surface area contributed by atoms with Gasteiger partial charge in [-0.2, -0.15) is 0 Å². The van der Waals surface area contributed by atoms with Crippen molar-refractivity contribution in [3.63, 3.8) is 0 Å². The zero-order valence-corrected chi connectivity index (χ0v) is 17.7. The van der Waals surface area contributed by atoms with Crippen molar-refractivity contribution >= 4 is 28.0 Å². The van der Waals surface area contributed by atoms with Gasteiger partial charge in [-0.05, 0) is 24.8 Å². The topological polar surface area (TPSA) is 45.7 Å². The van der Waals surface area contributed by atoms with Crippen molar-refractivity contribution in [2.75, 3.05) is 32.8 Å². The summed E-state index contributed by atoms with van der Waals surface area (Å²) in [5, 5.41) is 5.53. The van der Waals surface area contributed by atoms with E-state index in [9.17, 15) is 4.79 Å². The van der Waals surface area contributed by atoms with Crippen molar-refractivity contribution in [2.45, 2.75) is 26.3 Å². The first kappa shape index (κ1) is 19.9. The fourth-order valence-electron chi connectivity index (χ4n) is 3.75. The molecule has 1 aliphatic heterocycles. The lowest BCUT2D eigenvalue weighted by atomic mass is 10.1. The Morgan fingerprint density at radius 1 is 1.10 bits per heavy atom. The lowest BCUT2D eigenvalue weighted by molar-refractivity contribution is -0.133. The van der Waals surface area contributed by atoms with Crippen LogP contribution in [0.1, 0.15) is 23.5 Å². The molecule has 5 nitrogen and oxygen atoms in total. The molecule has 0 unspecified atom stereocenters. The predicted molar refractivity (Wildman–Crippen MR) is 117 cm³/mol. The zero-order chi connectivity index (χ0) is 20.1. The molecule has 2 heterocycles. The van der Waals surface area contributed by atoms with E-state index >= 15 is 0 Å². The highest BCUT2D eigenvalue weighted by Gasteiger charge is 2.21. The second kappa shape index (κ2) is 9.37. The second-order valence-electron chi connectivity index (χ2n) is 7.44. The predicted octanol–water partition coefficient (Wildman–Crippen LogP) is 4.11. The number of carbonyl (C=O) groups excluding carboxylic acids is 1. The van der Waals surface area contributed by atoms with Crippen molar-refractivity contribution in [3.05, 3.63) is 58.5 Å². The number of ether oxygens (including phenoxy) is 1. The van der Waals surface area contributed by atoms with E-state index in [4.69, 9.17) is 4.74 Å². The monoisotopic (exact) mass is 409 g/mol. The lowest BCUT2D eigenvalue weighted by Gasteiger charge is -2.34. The normalized spacial score (nSPS) is 15.0. The van der Waals surface area contributed by atoms with Gasteiger partial charge in [-0.1, -0.05) is 36.4 Å². The average molecular weight is 410 g/mol. The Labute approximate surface area is 175 Å². The van der Waals surface area contributed by atoms with Gasteiger partial charge in [0.15, 0.2) is 0 Å². The van der Waals surface area contributed by atoms with Crippen LogP contribution in [0.5, 0.6) is 5.75 Å². The van der Waals surface area contributed by atoms with E-state index in [0.717, 1.165) is 61.0 Å². The van der Waals surface area contributed by atoms with Gasteiger partial charge in [-0.3, -0.25) is 9.69 Å². The van der Waals surface area contributed by atoms with Gasteiger partial charge >= 0.3 is 0 Å². The summed E-state index contributed by atoms with van der Waals surface area (Å²) in [6.07, 6.45) is 1.27. The lowest BCUT2D eigenvalue weighted by Crippen LogP contribution is -2.48. The summed E-state index contributed by atoms with van der Waals surface area (Å²) >= 11 is 1.69. The molecule has 6 heteroatoms. The number of hydrogen-bond acceptors (Lipinski definition) is 5. The van der Waals surface area contributed by atoms with Crippen molar-refractivity contribution < 1.29 is 9.53 Å². The molecule has 0 bridgehead atoms. The SMILES string of the molecule is Cc1nc(CN2CCN(C(=O)CCCOc3cccc4ccccc34)CC2)cs1. The fraction of sp³-hybridized carbons (Fsp3) is 0.391. The molecule has 1 aliphatic rings. The van der Waals surface area contributed by atoms with Crippen LogP contribution in [0, 0.1) is 6.92 Å². The number of aromatic nitrogens is 1. The molecule has 0 atom stereocenters. The van der Waals surface area contributed by atoms with Crippen LogP contribution in [0.3, 0.4) is 0 Å². The number of carbonyl (C=O) groups is 1. The summed E-state index contributed by atoms with van der Waals surface area (Å²) in [6, 6.07) is 14.3. The Morgan fingerprint density at radius 2 is 1.90 bits per heavy atom. The molecule has 2 aromatic carbocycles. The number of rotatable bonds is 7. The van der Waals surface area contributed by atoms with E-state index in [1.54, 1.807) is 11.3 Å². The van der Waals surface area contributed by atoms with Crippen molar-refractivity contribution in [3.8, 4) is 5.75 Å². The van der Waals surface area contributed by atoms with E-state index < -0.39 is 0 Å². The molecule has 0 saturated carbocycles. The van der Waals surface area contributed by atoms with Gasteiger partial charge in [0.25, 0.3) is 0 Å². The van der Waals surface area contributed by atoms with Crippen LogP contribution in [0.15, 0.2) is 47.8 Å². The van der Waals surface area contributed by atoms with Gasteiger partial charge < -0.3 is 9.64 Å². The standard InChI is InChI=1S/C23H27N3O2S/c1-18-24-20(17-29-18)16-25-11-13-26(14-12-25)23(27)10-5-15-28-22-9-4-7-19-6-2-3-8-21(19)22/h2-4,6-9,17H,5,10-16H2,1H3. The smallest absolute Gasteiger partial charge is 0.222 e. The summed E-state index contributed by atoms with van der Waals surface area (Å²) in [6.45, 7) is 6.89. The Kier molecular flexibility index (Phi) is 6.42. The molecule has 152 valence electrons. The minimum atomic E-state index is 0.232. The Hall–Kier alpha value is -2.44. The van der Waals surface area contributed by atoms with E-state index in [2.05, 4.69) is 33.5 Å². The summed E-state index contributed by atoms with van der Waals surface area (Å²) in [4.78, 5) is 21.4. The van der Waals surface area contributed by atoms with Crippen LogP contribution in [-0.4, -0.2) is 53.5 Å². The summed E-state index contributed by atoms with van der Waals surface area (Å²) in [7, 11) is 0. The van der Waals surface area contributed by atoms with Crippen LogP contribution < -0.4 is 4.74 Å². The summed E-state index contributed by atoms with van der Waals surface area (Å²) < 4.78 is 5.96. The quantitative estimate of drug-likeness (QED) is 0.551. The van der Waals surface area contributed by atoms with Crippen molar-refractivity contribution in [1.29, 1.82) is 0 Å². The minimum absolute atomic E-state index is 0.232. The number of thiazole rings is 1. The molecule has 1 saturated heterocycles. The average Bonchev–Trinajstić information content (AvgIpc) is 3.16. The second-order valence-corrected chi connectivity index (χ2v) is 8.51. The van der Waals surface area contributed by atoms with E-state index in [0.29, 0.717) is 13.0 Å². The van der Waals surface area contributed by atoms with Gasteiger partial charge in [-0.15, -0.1) is 11.3 Å². The highest BCUT2D eigenvalue weighted by molar-refractivity contribution is 7.09. The Bertz CT molecular complexity index is 958. The molecular weight excluding hydrogens is 382 g/mol.